The second-order valence-corrected chi connectivity index (χ2v) is 5.38. The normalized spacial score (nSPS) is 17.0. The standard InChI is InChI=1S/C15H18N4O2/c1-9-6-10(2)8-11(7-9)12-4-5-16-14-13(15(20)21-3)17-18-19(12)14/h6-8,12,16H,4-5H2,1-3H3. The van der Waals surface area contributed by atoms with Gasteiger partial charge in [0.15, 0.2) is 5.82 Å². The van der Waals surface area contributed by atoms with Gasteiger partial charge in [0.1, 0.15) is 0 Å². The fourth-order valence-corrected chi connectivity index (χ4v) is 2.87. The van der Waals surface area contributed by atoms with Crippen molar-refractivity contribution in [3.8, 4) is 0 Å². The molecule has 0 spiro atoms. The van der Waals surface area contributed by atoms with E-state index >= 15 is 0 Å². The number of benzene rings is 1. The summed E-state index contributed by atoms with van der Waals surface area (Å²) in [5.41, 5.74) is 3.87. The van der Waals surface area contributed by atoms with E-state index in [9.17, 15) is 4.79 Å². The molecule has 1 unspecified atom stereocenters. The number of nitrogens with zero attached hydrogens (tertiary/aromatic N) is 3. The van der Waals surface area contributed by atoms with Crippen LogP contribution in [0.4, 0.5) is 5.82 Å². The molecule has 0 aliphatic carbocycles. The zero-order valence-electron chi connectivity index (χ0n) is 12.4. The van der Waals surface area contributed by atoms with E-state index in [-0.39, 0.29) is 11.7 Å². The molecule has 1 aromatic carbocycles. The lowest BCUT2D eigenvalue weighted by Crippen LogP contribution is -2.25. The van der Waals surface area contributed by atoms with Crippen molar-refractivity contribution in [2.45, 2.75) is 26.3 Å². The van der Waals surface area contributed by atoms with E-state index in [1.54, 1.807) is 4.68 Å². The van der Waals surface area contributed by atoms with Crippen LogP contribution in [0.3, 0.4) is 0 Å². The lowest BCUT2D eigenvalue weighted by atomic mass is 9.98. The van der Waals surface area contributed by atoms with Gasteiger partial charge in [-0.3, -0.25) is 0 Å². The summed E-state index contributed by atoms with van der Waals surface area (Å²) in [6.07, 6.45) is 0.903. The van der Waals surface area contributed by atoms with Crippen LogP contribution in [0.25, 0.3) is 0 Å². The van der Waals surface area contributed by atoms with Crippen LogP contribution in [-0.2, 0) is 4.74 Å². The Hall–Kier alpha value is -2.37. The van der Waals surface area contributed by atoms with Gasteiger partial charge in [-0.1, -0.05) is 34.5 Å². The van der Waals surface area contributed by atoms with Crippen molar-refractivity contribution < 1.29 is 9.53 Å². The molecule has 1 atom stereocenters. The molecule has 6 nitrogen and oxygen atoms in total. The minimum absolute atomic E-state index is 0.0887. The highest BCUT2D eigenvalue weighted by atomic mass is 16.5. The fraction of sp³-hybridized carbons (Fsp3) is 0.400. The second-order valence-electron chi connectivity index (χ2n) is 5.38. The smallest absolute Gasteiger partial charge is 0.362 e. The summed E-state index contributed by atoms with van der Waals surface area (Å²) < 4.78 is 6.53. The van der Waals surface area contributed by atoms with Crippen LogP contribution < -0.4 is 5.32 Å². The van der Waals surface area contributed by atoms with Crippen molar-refractivity contribution in [1.82, 2.24) is 15.0 Å². The lowest BCUT2D eigenvalue weighted by Gasteiger charge is -2.26. The van der Waals surface area contributed by atoms with Gasteiger partial charge in [-0.25, -0.2) is 9.48 Å². The molecule has 1 aliphatic heterocycles. The van der Waals surface area contributed by atoms with Gasteiger partial charge in [0.25, 0.3) is 0 Å². The quantitative estimate of drug-likeness (QED) is 0.856. The van der Waals surface area contributed by atoms with Gasteiger partial charge >= 0.3 is 5.97 Å². The zero-order chi connectivity index (χ0) is 15.0. The van der Waals surface area contributed by atoms with E-state index < -0.39 is 5.97 Å². The van der Waals surface area contributed by atoms with Crippen LogP contribution >= 0.6 is 0 Å². The third-order valence-electron chi connectivity index (χ3n) is 3.71. The fourth-order valence-electron chi connectivity index (χ4n) is 2.87. The molecule has 1 N–H and O–H groups in total. The molecule has 1 aromatic heterocycles. The minimum atomic E-state index is -0.468. The predicted octanol–water partition coefficient (Wildman–Crippen LogP) is 2.09. The summed E-state index contributed by atoms with van der Waals surface area (Å²) in [7, 11) is 1.35. The summed E-state index contributed by atoms with van der Waals surface area (Å²) in [5.74, 6) is 0.169. The van der Waals surface area contributed by atoms with Gasteiger partial charge in [0.2, 0.25) is 5.69 Å². The number of hydrogen-bond acceptors (Lipinski definition) is 5. The maximum absolute atomic E-state index is 11.7. The molecule has 0 amide bonds. The van der Waals surface area contributed by atoms with Crippen LogP contribution in [0.15, 0.2) is 18.2 Å². The van der Waals surface area contributed by atoms with Crippen LogP contribution in [-0.4, -0.2) is 34.6 Å². The highest BCUT2D eigenvalue weighted by molar-refractivity contribution is 5.92. The number of aromatic nitrogens is 3. The lowest BCUT2D eigenvalue weighted by molar-refractivity contribution is 0.0595. The minimum Gasteiger partial charge on any atom is -0.464 e. The van der Waals surface area contributed by atoms with Crippen molar-refractivity contribution in [2.75, 3.05) is 19.0 Å². The van der Waals surface area contributed by atoms with Gasteiger partial charge < -0.3 is 10.1 Å². The number of fused-ring (bicyclic) bond motifs is 1. The number of esters is 1. The van der Waals surface area contributed by atoms with Crippen LogP contribution in [0, 0.1) is 13.8 Å². The van der Waals surface area contributed by atoms with E-state index in [4.69, 9.17) is 4.74 Å². The summed E-state index contributed by atoms with van der Waals surface area (Å²) in [6, 6.07) is 6.55. The van der Waals surface area contributed by atoms with Crippen molar-refractivity contribution in [2.24, 2.45) is 0 Å². The Morgan fingerprint density at radius 3 is 2.71 bits per heavy atom. The number of nitrogens with one attached hydrogen (secondary N) is 1. The Morgan fingerprint density at radius 2 is 2.05 bits per heavy atom. The summed E-state index contributed by atoms with van der Waals surface area (Å²) in [5, 5.41) is 11.3. The second kappa shape index (κ2) is 5.20. The molecule has 0 radical (unpaired) electrons. The van der Waals surface area contributed by atoms with Crippen molar-refractivity contribution in [1.29, 1.82) is 0 Å². The molecule has 21 heavy (non-hydrogen) atoms. The molecular weight excluding hydrogens is 268 g/mol. The Kier molecular flexibility index (Phi) is 3.37. The van der Waals surface area contributed by atoms with Gasteiger partial charge in [0, 0.05) is 6.54 Å². The summed E-state index contributed by atoms with van der Waals surface area (Å²) >= 11 is 0. The molecule has 2 heterocycles. The zero-order valence-corrected chi connectivity index (χ0v) is 12.4. The first-order chi connectivity index (χ1) is 10.1. The van der Waals surface area contributed by atoms with Gasteiger partial charge in [-0.05, 0) is 25.8 Å². The Morgan fingerprint density at radius 1 is 1.33 bits per heavy atom. The maximum Gasteiger partial charge on any atom is 0.362 e. The Labute approximate surface area is 123 Å². The number of anilines is 1. The Bertz CT molecular complexity index is 673. The first-order valence-corrected chi connectivity index (χ1v) is 6.95. The van der Waals surface area contributed by atoms with E-state index in [0.29, 0.717) is 5.82 Å². The number of carbonyl (C=O) groups is 1. The van der Waals surface area contributed by atoms with Gasteiger partial charge in [0.05, 0.1) is 13.2 Å². The molecule has 2 aromatic rings. The van der Waals surface area contributed by atoms with Crippen molar-refractivity contribution in [3.63, 3.8) is 0 Å². The van der Waals surface area contributed by atoms with E-state index in [1.807, 2.05) is 0 Å². The first-order valence-electron chi connectivity index (χ1n) is 6.95. The number of ether oxygens (including phenoxy) is 1. The van der Waals surface area contributed by atoms with Crippen LogP contribution in [0.5, 0.6) is 0 Å². The topological polar surface area (TPSA) is 69.0 Å². The van der Waals surface area contributed by atoms with Gasteiger partial charge in [-0.2, -0.15) is 0 Å². The average molecular weight is 286 g/mol. The molecule has 0 fully saturated rings. The van der Waals surface area contributed by atoms with Gasteiger partial charge in [-0.15, -0.1) is 5.10 Å². The van der Waals surface area contributed by atoms with Crippen molar-refractivity contribution in [3.05, 3.63) is 40.6 Å². The predicted molar refractivity (Wildman–Crippen MR) is 78.5 cm³/mol. The molecule has 0 bridgehead atoms. The third-order valence-corrected chi connectivity index (χ3v) is 3.71. The number of aryl methyl sites for hydroxylation is 2. The highest BCUT2D eigenvalue weighted by Crippen LogP contribution is 2.31. The van der Waals surface area contributed by atoms with Crippen LogP contribution in [0.1, 0.15) is 39.6 Å². The molecule has 0 saturated carbocycles. The summed E-state index contributed by atoms with van der Waals surface area (Å²) in [4.78, 5) is 11.7. The monoisotopic (exact) mass is 286 g/mol. The Balaban J connectivity index is 2.05. The highest BCUT2D eigenvalue weighted by Gasteiger charge is 2.29. The van der Waals surface area contributed by atoms with Crippen molar-refractivity contribution >= 4 is 11.8 Å². The maximum atomic E-state index is 11.7. The molecule has 3 rings (SSSR count). The number of rotatable bonds is 2. The number of methoxy groups -OCH3 is 1. The molecule has 6 heteroatoms. The van der Waals surface area contributed by atoms with Crippen LogP contribution in [0.2, 0.25) is 0 Å². The third kappa shape index (κ3) is 2.37. The van der Waals surface area contributed by atoms with E-state index in [0.717, 1.165) is 13.0 Å². The average Bonchev–Trinajstić information content (AvgIpc) is 2.89. The SMILES string of the molecule is COC(=O)c1nnn2c1NCCC2c1cc(C)cc(C)c1. The molecular formula is C15H18N4O2. The number of carbonyl (C=O) groups excluding carboxylic acids is 1. The van der Waals surface area contributed by atoms with E-state index in [2.05, 4.69) is 47.7 Å². The molecule has 1 aliphatic rings. The van der Waals surface area contributed by atoms with E-state index in [1.165, 1.54) is 23.8 Å². The number of hydrogen-bond donors (Lipinski definition) is 1. The largest absolute Gasteiger partial charge is 0.464 e. The molecule has 0 saturated heterocycles. The molecule has 110 valence electrons. The first kappa shape index (κ1) is 13.6. The summed E-state index contributed by atoms with van der Waals surface area (Å²) in [6.45, 7) is 4.94.